The largest absolute Gasteiger partial charge is 0.461 e. The van der Waals surface area contributed by atoms with E-state index in [2.05, 4.69) is 20.3 Å². The summed E-state index contributed by atoms with van der Waals surface area (Å²) in [6.45, 7) is 0.205. The molecule has 0 aliphatic heterocycles. The average Bonchev–Trinajstić information content (AvgIpc) is 3.04. The first-order valence-corrected chi connectivity index (χ1v) is 9.53. The van der Waals surface area contributed by atoms with Gasteiger partial charge in [-0.05, 0) is 18.2 Å². The van der Waals surface area contributed by atoms with Gasteiger partial charge in [0, 0.05) is 24.9 Å². The second kappa shape index (κ2) is 8.48. The quantitative estimate of drug-likeness (QED) is 0.513. The standard InChI is InChI=1S/C19H19ClF2N4O3/c20-13-8-16-18(25-17(13)23-9-12-14(21)2-1-3-15(12)22)26-19(24-16)29-11-6-10(7-11)28-5-4-27/h1-3,8,10-11,27H,4-7,9H2,(H2,23,24,25,26). The number of aliphatic hydroxyl groups is 1. The molecular weight excluding hydrogens is 406 g/mol. The van der Waals surface area contributed by atoms with E-state index in [1.165, 1.54) is 18.2 Å². The van der Waals surface area contributed by atoms with Gasteiger partial charge in [0.05, 0.1) is 29.9 Å². The second-order valence-corrected chi connectivity index (χ2v) is 7.12. The lowest BCUT2D eigenvalue weighted by Crippen LogP contribution is -2.40. The van der Waals surface area contributed by atoms with Crippen molar-refractivity contribution in [3.05, 3.63) is 46.5 Å². The summed E-state index contributed by atoms with van der Waals surface area (Å²) in [7, 11) is 0. The van der Waals surface area contributed by atoms with Crippen LogP contribution in [0.1, 0.15) is 18.4 Å². The molecule has 1 aliphatic rings. The van der Waals surface area contributed by atoms with E-state index in [0.29, 0.717) is 36.6 Å². The molecule has 29 heavy (non-hydrogen) atoms. The van der Waals surface area contributed by atoms with Gasteiger partial charge in [-0.25, -0.2) is 13.8 Å². The summed E-state index contributed by atoms with van der Waals surface area (Å²) >= 11 is 6.23. The molecule has 2 heterocycles. The van der Waals surface area contributed by atoms with E-state index in [-0.39, 0.29) is 41.8 Å². The van der Waals surface area contributed by atoms with Crippen LogP contribution in [0.15, 0.2) is 24.3 Å². The number of fused-ring (bicyclic) bond motifs is 1. The topological polar surface area (TPSA) is 92.3 Å². The highest BCUT2D eigenvalue weighted by Crippen LogP contribution is 2.30. The average molecular weight is 425 g/mol. The van der Waals surface area contributed by atoms with Crippen LogP contribution < -0.4 is 10.1 Å². The number of rotatable bonds is 8. The molecule has 10 heteroatoms. The maximum Gasteiger partial charge on any atom is 0.296 e. The third-order valence-electron chi connectivity index (χ3n) is 4.67. The fraction of sp³-hybridized carbons (Fsp3) is 0.368. The molecule has 0 radical (unpaired) electrons. The van der Waals surface area contributed by atoms with Crippen LogP contribution in [0.25, 0.3) is 11.2 Å². The fourth-order valence-corrected chi connectivity index (χ4v) is 3.29. The normalized spacial score (nSPS) is 18.6. The van der Waals surface area contributed by atoms with Crippen molar-refractivity contribution in [1.29, 1.82) is 0 Å². The Balaban J connectivity index is 1.42. The van der Waals surface area contributed by atoms with Crippen molar-refractivity contribution < 1.29 is 23.4 Å². The number of nitrogens with one attached hydrogen (secondary N) is 2. The van der Waals surface area contributed by atoms with Crippen LogP contribution in [0.2, 0.25) is 5.02 Å². The van der Waals surface area contributed by atoms with Gasteiger partial charge in [0.25, 0.3) is 6.01 Å². The van der Waals surface area contributed by atoms with Gasteiger partial charge in [0.15, 0.2) is 5.65 Å². The number of imidazole rings is 1. The molecule has 1 aliphatic carbocycles. The van der Waals surface area contributed by atoms with Crippen LogP contribution in [0.4, 0.5) is 14.6 Å². The van der Waals surface area contributed by atoms with Crippen molar-refractivity contribution in [2.75, 3.05) is 18.5 Å². The third kappa shape index (κ3) is 4.42. The molecular formula is C19H19ClF2N4O3. The van der Waals surface area contributed by atoms with E-state index in [1.54, 1.807) is 6.07 Å². The zero-order valence-corrected chi connectivity index (χ0v) is 16.0. The summed E-state index contributed by atoms with van der Waals surface area (Å²) in [5, 5.41) is 11.9. The van der Waals surface area contributed by atoms with Crippen LogP contribution >= 0.6 is 11.6 Å². The molecule has 3 N–H and O–H groups in total. The molecule has 7 nitrogen and oxygen atoms in total. The number of H-pyrrole nitrogens is 1. The number of benzene rings is 1. The van der Waals surface area contributed by atoms with Crippen molar-refractivity contribution in [2.45, 2.75) is 31.6 Å². The molecule has 0 bridgehead atoms. The van der Waals surface area contributed by atoms with E-state index >= 15 is 0 Å². The van der Waals surface area contributed by atoms with Crippen molar-refractivity contribution in [1.82, 2.24) is 15.0 Å². The van der Waals surface area contributed by atoms with Crippen LogP contribution in [-0.2, 0) is 11.3 Å². The van der Waals surface area contributed by atoms with Gasteiger partial charge >= 0.3 is 0 Å². The summed E-state index contributed by atoms with van der Waals surface area (Å²) < 4.78 is 38.7. The number of ether oxygens (including phenoxy) is 2. The molecule has 0 spiro atoms. The van der Waals surface area contributed by atoms with E-state index in [1.807, 2.05) is 0 Å². The predicted molar refractivity (Wildman–Crippen MR) is 103 cm³/mol. The lowest BCUT2D eigenvalue weighted by molar-refractivity contribution is -0.0708. The Morgan fingerprint density at radius 1 is 1.21 bits per heavy atom. The minimum absolute atomic E-state index is 0.00203. The highest BCUT2D eigenvalue weighted by Gasteiger charge is 2.32. The summed E-state index contributed by atoms with van der Waals surface area (Å²) in [5.41, 5.74) is 0.854. The Hall–Kier alpha value is -2.49. The Labute approximate surface area is 170 Å². The number of anilines is 1. The monoisotopic (exact) mass is 424 g/mol. The van der Waals surface area contributed by atoms with E-state index in [4.69, 9.17) is 26.2 Å². The molecule has 0 saturated heterocycles. The van der Waals surface area contributed by atoms with Crippen LogP contribution in [0.5, 0.6) is 6.01 Å². The highest BCUT2D eigenvalue weighted by atomic mass is 35.5. The lowest BCUT2D eigenvalue weighted by atomic mass is 9.92. The lowest BCUT2D eigenvalue weighted by Gasteiger charge is -2.34. The first-order valence-electron chi connectivity index (χ1n) is 9.15. The number of halogens is 3. The van der Waals surface area contributed by atoms with Crippen molar-refractivity contribution in [3.8, 4) is 6.01 Å². The number of hydrogen-bond acceptors (Lipinski definition) is 6. The number of hydrogen-bond donors (Lipinski definition) is 3. The third-order valence-corrected chi connectivity index (χ3v) is 4.96. The SMILES string of the molecule is OCCOC1CC(Oc2nc3nc(NCc4c(F)cccc4F)c(Cl)cc3[nH]2)C1. The molecule has 1 aromatic carbocycles. The van der Waals surface area contributed by atoms with E-state index < -0.39 is 11.6 Å². The summed E-state index contributed by atoms with van der Waals surface area (Å²) in [6, 6.07) is 5.62. The molecule has 2 aromatic heterocycles. The van der Waals surface area contributed by atoms with Gasteiger partial charge in [0.1, 0.15) is 23.6 Å². The van der Waals surface area contributed by atoms with Crippen molar-refractivity contribution in [3.63, 3.8) is 0 Å². The van der Waals surface area contributed by atoms with Gasteiger partial charge in [-0.2, -0.15) is 4.98 Å². The molecule has 0 amide bonds. The van der Waals surface area contributed by atoms with Gasteiger partial charge in [-0.3, -0.25) is 0 Å². The Bertz CT molecular complexity index is 990. The van der Waals surface area contributed by atoms with Crippen LogP contribution in [0, 0.1) is 11.6 Å². The Morgan fingerprint density at radius 2 is 1.97 bits per heavy atom. The van der Waals surface area contributed by atoms with E-state index in [0.717, 1.165) is 0 Å². The molecule has 1 fully saturated rings. The number of aromatic nitrogens is 3. The van der Waals surface area contributed by atoms with Crippen LogP contribution in [-0.4, -0.2) is 45.5 Å². The first kappa shape index (κ1) is 19.8. The number of aliphatic hydroxyl groups excluding tert-OH is 1. The number of pyridine rings is 1. The van der Waals surface area contributed by atoms with Gasteiger partial charge < -0.3 is 24.9 Å². The number of aromatic amines is 1. The minimum atomic E-state index is -0.646. The zero-order valence-electron chi connectivity index (χ0n) is 15.3. The Kier molecular flexibility index (Phi) is 5.79. The zero-order chi connectivity index (χ0) is 20.4. The second-order valence-electron chi connectivity index (χ2n) is 6.71. The maximum absolute atomic E-state index is 13.8. The minimum Gasteiger partial charge on any atom is -0.461 e. The van der Waals surface area contributed by atoms with Crippen molar-refractivity contribution in [2.24, 2.45) is 0 Å². The molecule has 3 aromatic rings. The highest BCUT2D eigenvalue weighted by molar-refractivity contribution is 6.33. The maximum atomic E-state index is 13.8. The Morgan fingerprint density at radius 3 is 2.69 bits per heavy atom. The molecule has 0 atom stereocenters. The smallest absolute Gasteiger partial charge is 0.296 e. The molecule has 154 valence electrons. The summed E-state index contributed by atoms with van der Waals surface area (Å²) in [4.78, 5) is 11.6. The van der Waals surface area contributed by atoms with Crippen molar-refractivity contribution >= 4 is 28.6 Å². The summed E-state index contributed by atoms with van der Waals surface area (Å²) in [6.07, 6.45) is 1.48. The van der Waals surface area contributed by atoms with Crippen LogP contribution in [0.3, 0.4) is 0 Å². The first-order chi connectivity index (χ1) is 14.0. The number of nitrogens with zero attached hydrogens (tertiary/aromatic N) is 2. The fourth-order valence-electron chi connectivity index (χ4n) is 3.08. The summed E-state index contributed by atoms with van der Waals surface area (Å²) in [5.74, 6) is -1.03. The van der Waals surface area contributed by atoms with Gasteiger partial charge in [-0.15, -0.1) is 0 Å². The van der Waals surface area contributed by atoms with Gasteiger partial charge in [-0.1, -0.05) is 17.7 Å². The molecule has 0 unspecified atom stereocenters. The molecule has 1 saturated carbocycles. The molecule has 4 rings (SSSR count). The van der Waals surface area contributed by atoms with E-state index in [9.17, 15) is 8.78 Å². The van der Waals surface area contributed by atoms with Gasteiger partial charge in [0.2, 0.25) is 0 Å². The predicted octanol–water partition coefficient (Wildman–Crippen LogP) is 3.42.